The van der Waals surface area contributed by atoms with Gasteiger partial charge in [-0.3, -0.25) is 0 Å². The van der Waals surface area contributed by atoms with Gasteiger partial charge in [-0.05, 0) is 44.6 Å². The van der Waals surface area contributed by atoms with Crippen LogP contribution in [0.3, 0.4) is 0 Å². The van der Waals surface area contributed by atoms with Crippen LogP contribution in [0.2, 0.25) is 0 Å². The number of aromatic nitrogens is 2. The molecule has 0 saturated heterocycles. The summed E-state index contributed by atoms with van der Waals surface area (Å²) in [5.41, 5.74) is 0.894. The first kappa shape index (κ1) is 14.5. The molecule has 5 nitrogen and oxygen atoms in total. The molecule has 0 aliphatic rings. The molecule has 108 valence electrons. The standard InChI is InChI=1S/C15H21N3O2/c1-3-10-19-13-7-4-6-12(11-13)15-18-17-14(20-15)8-5-9-16-2/h4,6-7,11,16H,3,5,8-10H2,1-2H3. The van der Waals surface area contributed by atoms with Crippen LogP contribution in [0.1, 0.15) is 25.7 Å². The average molecular weight is 275 g/mol. The highest BCUT2D eigenvalue weighted by atomic mass is 16.5. The Morgan fingerprint density at radius 3 is 3.00 bits per heavy atom. The lowest BCUT2D eigenvalue weighted by Crippen LogP contribution is -2.08. The number of hydrogen-bond donors (Lipinski definition) is 1. The summed E-state index contributed by atoms with van der Waals surface area (Å²) < 4.78 is 11.3. The first-order valence-electron chi connectivity index (χ1n) is 7.03. The Morgan fingerprint density at radius 1 is 1.30 bits per heavy atom. The molecule has 1 aromatic carbocycles. The lowest BCUT2D eigenvalue weighted by molar-refractivity contribution is 0.317. The molecule has 0 atom stereocenters. The minimum Gasteiger partial charge on any atom is -0.494 e. The van der Waals surface area contributed by atoms with Crippen molar-refractivity contribution >= 4 is 0 Å². The first-order chi connectivity index (χ1) is 9.83. The van der Waals surface area contributed by atoms with E-state index in [0.29, 0.717) is 18.4 Å². The number of nitrogens with one attached hydrogen (secondary N) is 1. The Balaban J connectivity index is 2.03. The van der Waals surface area contributed by atoms with Gasteiger partial charge in [0.2, 0.25) is 11.8 Å². The summed E-state index contributed by atoms with van der Waals surface area (Å²) in [4.78, 5) is 0. The van der Waals surface area contributed by atoms with Gasteiger partial charge < -0.3 is 14.5 Å². The highest BCUT2D eigenvalue weighted by molar-refractivity contribution is 5.55. The molecule has 0 aliphatic heterocycles. The SMILES string of the molecule is CCCOc1cccc(-c2nnc(CCCNC)o2)c1. The lowest BCUT2D eigenvalue weighted by Gasteiger charge is -2.04. The summed E-state index contributed by atoms with van der Waals surface area (Å²) in [6, 6.07) is 7.75. The van der Waals surface area contributed by atoms with E-state index in [-0.39, 0.29) is 0 Å². The Hall–Kier alpha value is -1.88. The van der Waals surface area contributed by atoms with Crippen molar-refractivity contribution in [3.63, 3.8) is 0 Å². The average Bonchev–Trinajstić information content (AvgIpc) is 2.95. The minimum atomic E-state index is 0.548. The van der Waals surface area contributed by atoms with Crippen molar-refractivity contribution < 1.29 is 9.15 Å². The second-order valence-electron chi connectivity index (χ2n) is 4.58. The number of hydrogen-bond acceptors (Lipinski definition) is 5. The molecule has 0 spiro atoms. The normalized spacial score (nSPS) is 10.7. The molecular weight excluding hydrogens is 254 g/mol. The largest absolute Gasteiger partial charge is 0.494 e. The van der Waals surface area contributed by atoms with Gasteiger partial charge in [0.25, 0.3) is 0 Å². The van der Waals surface area contributed by atoms with E-state index in [9.17, 15) is 0 Å². The highest BCUT2D eigenvalue weighted by Crippen LogP contribution is 2.23. The topological polar surface area (TPSA) is 60.2 Å². The van der Waals surface area contributed by atoms with E-state index < -0.39 is 0 Å². The molecule has 1 aromatic heterocycles. The van der Waals surface area contributed by atoms with Gasteiger partial charge in [-0.1, -0.05) is 13.0 Å². The third-order valence-electron chi connectivity index (χ3n) is 2.84. The maximum atomic E-state index is 5.67. The fraction of sp³-hybridized carbons (Fsp3) is 0.467. The van der Waals surface area contributed by atoms with Gasteiger partial charge in [0.05, 0.1) is 6.61 Å². The van der Waals surface area contributed by atoms with Gasteiger partial charge in [0.15, 0.2) is 0 Å². The molecule has 20 heavy (non-hydrogen) atoms. The van der Waals surface area contributed by atoms with Crippen molar-refractivity contribution in [3.05, 3.63) is 30.2 Å². The quantitative estimate of drug-likeness (QED) is 0.750. The van der Waals surface area contributed by atoms with E-state index in [4.69, 9.17) is 9.15 Å². The minimum absolute atomic E-state index is 0.548. The number of ether oxygens (including phenoxy) is 1. The fourth-order valence-corrected chi connectivity index (χ4v) is 1.83. The molecule has 0 fully saturated rings. The maximum Gasteiger partial charge on any atom is 0.247 e. The van der Waals surface area contributed by atoms with Gasteiger partial charge in [-0.25, -0.2) is 0 Å². The third-order valence-corrected chi connectivity index (χ3v) is 2.84. The van der Waals surface area contributed by atoms with E-state index >= 15 is 0 Å². The first-order valence-corrected chi connectivity index (χ1v) is 7.03. The van der Waals surface area contributed by atoms with E-state index in [0.717, 1.165) is 37.1 Å². The van der Waals surface area contributed by atoms with Crippen LogP contribution in [0.25, 0.3) is 11.5 Å². The van der Waals surface area contributed by atoms with Gasteiger partial charge in [-0.15, -0.1) is 10.2 Å². The molecule has 0 aliphatic carbocycles. The summed E-state index contributed by atoms with van der Waals surface area (Å²) in [7, 11) is 1.93. The molecule has 2 aromatic rings. The van der Waals surface area contributed by atoms with Crippen LogP contribution in [-0.2, 0) is 6.42 Å². The molecule has 0 bridgehead atoms. The van der Waals surface area contributed by atoms with Gasteiger partial charge in [0, 0.05) is 12.0 Å². The molecule has 1 N–H and O–H groups in total. The van der Waals surface area contributed by atoms with E-state index in [1.807, 2.05) is 31.3 Å². The number of aryl methyl sites for hydroxylation is 1. The van der Waals surface area contributed by atoms with Crippen LogP contribution < -0.4 is 10.1 Å². The van der Waals surface area contributed by atoms with Gasteiger partial charge in [-0.2, -0.15) is 0 Å². The Bertz CT molecular complexity index is 525. The number of benzene rings is 1. The summed E-state index contributed by atoms with van der Waals surface area (Å²) in [6.07, 6.45) is 2.76. The van der Waals surface area contributed by atoms with Crippen LogP contribution >= 0.6 is 0 Å². The van der Waals surface area contributed by atoms with Crippen LogP contribution in [0, 0.1) is 0 Å². The van der Waals surface area contributed by atoms with Crippen LogP contribution in [0.4, 0.5) is 0 Å². The van der Waals surface area contributed by atoms with Crippen LogP contribution in [-0.4, -0.2) is 30.4 Å². The van der Waals surface area contributed by atoms with Gasteiger partial charge >= 0.3 is 0 Å². The second kappa shape index (κ2) is 7.65. The number of nitrogens with zero attached hydrogens (tertiary/aromatic N) is 2. The van der Waals surface area contributed by atoms with Crippen molar-refractivity contribution in [1.82, 2.24) is 15.5 Å². The zero-order valence-electron chi connectivity index (χ0n) is 12.1. The lowest BCUT2D eigenvalue weighted by atomic mass is 10.2. The maximum absolute atomic E-state index is 5.67. The summed E-state index contributed by atoms with van der Waals surface area (Å²) in [5, 5.41) is 11.3. The Labute approximate surface area is 119 Å². The molecule has 2 rings (SSSR count). The molecule has 0 amide bonds. The monoisotopic (exact) mass is 275 g/mol. The predicted octanol–water partition coefficient (Wildman–Crippen LogP) is 2.68. The van der Waals surface area contributed by atoms with E-state index in [1.54, 1.807) is 0 Å². The summed E-state index contributed by atoms with van der Waals surface area (Å²) in [6.45, 7) is 3.74. The van der Waals surface area contributed by atoms with Crippen molar-refractivity contribution in [2.75, 3.05) is 20.2 Å². The molecule has 0 unspecified atom stereocenters. The van der Waals surface area contributed by atoms with Crippen LogP contribution in [0.5, 0.6) is 5.75 Å². The zero-order valence-corrected chi connectivity index (χ0v) is 12.1. The zero-order chi connectivity index (χ0) is 14.2. The van der Waals surface area contributed by atoms with E-state index in [1.165, 1.54) is 0 Å². The fourth-order valence-electron chi connectivity index (χ4n) is 1.83. The predicted molar refractivity (Wildman–Crippen MR) is 77.8 cm³/mol. The summed E-state index contributed by atoms with van der Waals surface area (Å²) >= 11 is 0. The van der Waals surface area contributed by atoms with Gasteiger partial charge in [0.1, 0.15) is 5.75 Å². The third kappa shape index (κ3) is 4.06. The Kier molecular flexibility index (Phi) is 5.55. The van der Waals surface area contributed by atoms with E-state index in [2.05, 4.69) is 22.4 Å². The molecular formula is C15H21N3O2. The Morgan fingerprint density at radius 2 is 2.20 bits per heavy atom. The second-order valence-corrected chi connectivity index (χ2v) is 4.58. The molecule has 0 saturated carbocycles. The molecule has 0 radical (unpaired) electrons. The highest BCUT2D eigenvalue weighted by Gasteiger charge is 2.09. The van der Waals surface area contributed by atoms with Crippen molar-refractivity contribution in [1.29, 1.82) is 0 Å². The van der Waals surface area contributed by atoms with Crippen molar-refractivity contribution in [2.45, 2.75) is 26.2 Å². The molecule has 5 heteroatoms. The smallest absolute Gasteiger partial charge is 0.247 e. The van der Waals surface area contributed by atoms with Crippen molar-refractivity contribution in [3.8, 4) is 17.2 Å². The van der Waals surface area contributed by atoms with Crippen molar-refractivity contribution in [2.24, 2.45) is 0 Å². The molecule has 1 heterocycles. The van der Waals surface area contributed by atoms with Crippen LogP contribution in [0.15, 0.2) is 28.7 Å². The summed E-state index contributed by atoms with van der Waals surface area (Å²) in [5.74, 6) is 2.06. The number of rotatable bonds is 8.